The quantitative estimate of drug-likeness (QED) is 0.523. The smallest absolute Gasteiger partial charge is 0.322 e. The monoisotopic (exact) mass is 505 g/mol. The van der Waals surface area contributed by atoms with Crippen LogP contribution in [0.1, 0.15) is 12.8 Å². The van der Waals surface area contributed by atoms with Crippen molar-refractivity contribution in [2.24, 2.45) is 0 Å². The number of likely N-dealkylation sites (tertiary alicyclic amines) is 1. The van der Waals surface area contributed by atoms with Crippen molar-refractivity contribution in [3.8, 4) is 22.1 Å². The Morgan fingerprint density at radius 3 is 2.82 bits per heavy atom. The molecule has 0 bridgehead atoms. The number of halogens is 2. The van der Waals surface area contributed by atoms with Crippen molar-refractivity contribution in [3.63, 3.8) is 0 Å². The summed E-state index contributed by atoms with van der Waals surface area (Å²) in [7, 11) is 0. The molecule has 2 N–H and O–H groups in total. The van der Waals surface area contributed by atoms with Crippen molar-refractivity contribution >= 4 is 57.3 Å². The number of anilines is 2. The van der Waals surface area contributed by atoms with Crippen LogP contribution in [-0.2, 0) is 4.79 Å². The lowest BCUT2D eigenvalue weighted by Gasteiger charge is -2.24. The molecule has 9 nitrogen and oxygen atoms in total. The highest BCUT2D eigenvalue weighted by molar-refractivity contribution is 7.18. The van der Waals surface area contributed by atoms with Gasteiger partial charge in [0, 0.05) is 12.1 Å². The fourth-order valence-electron chi connectivity index (χ4n) is 3.68. The van der Waals surface area contributed by atoms with E-state index in [4.69, 9.17) is 32.7 Å². The average Bonchev–Trinajstić information content (AvgIpc) is 3.56. The number of carbonyl (C=O) groups excluding carboxylic acids is 2. The predicted octanol–water partition coefficient (Wildman–Crippen LogP) is 4.88. The van der Waals surface area contributed by atoms with Crippen molar-refractivity contribution in [1.29, 1.82) is 0 Å². The maximum atomic E-state index is 12.9. The SMILES string of the molecule is O=C(Nc1nnc(-c2ccc3c(c2)OCO3)s1)C1CCCN1C(=O)Nc1cccc(Cl)c1Cl. The number of nitrogens with one attached hydrogen (secondary N) is 2. The number of aromatic nitrogens is 2. The van der Waals surface area contributed by atoms with E-state index in [0.29, 0.717) is 51.7 Å². The molecule has 3 heterocycles. The molecule has 0 radical (unpaired) electrons. The highest BCUT2D eigenvalue weighted by Crippen LogP contribution is 2.37. The summed E-state index contributed by atoms with van der Waals surface area (Å²) >= 11 is 13.4. The Morgan fingerprint density at radius 2 is 1.94 bits per heavy atom. The average molecular weight is 506 g/mol. The Labute approximate surface area is 202 Å². The molecule has 2 aromatic carbocycles. The topological polar surface area (TPSA) is 106 Å². The lowest BCUT2D eigenvalue weighted by atomic mass is 10.2. The lowest BCUT2D eigenvalue weighted by Crippen LogP contribution is -2.45. The van der Waals surface area contributed by atoms with Crippen LogP contribution in [0.3, 0.4) is 0 Å². The Morgan fingerprint density at radius 1 is 1.09 bits per heavy atom. The van der Waals surface area contributed by atoms with E-state index >= 15 is 0 Å². The van der Waals surface area contributed by atoms with Crippen LogP contribution in [0.5, 0.6) is 11.5 Å². The number of nitrogens with zero attached hydrogens (tertiary/aromatic N) is 3. The maximum Gasteiger partial charge on any atom is 0.322 e. The molecule has 0 aliphatic carbocycles. The van der Waals surface area contributed by atoms with Crippen molar-refractivity contribution < 1.29 is 19.1 Å². The molecular weight excluding hydrogens is 489 g/mol. The maximum absolute atomic E-state index is 12.9. The van der Waals surface area contributed by atoms with E-state index in [2.05, 4.69) is 20.8 Å². The Balaban J connectivity index is 1.26. The van der Waals surface area contributed by atoms with Crippen molar-refractivity contribution in [1.82, 2.24) is 15.1 Å². The van der Waals surface area contributed by atoms with E-state index in [9.17, 15) is 9.59 Å². The third-order valence-corrected chi connectivity index (χ3v) is 6.99. The Kier molecular flexibility index (Phi) is 5.96. The molecule has 170 valence electrons. The highest BCUT2D eigenvalue weighted by Gasteiger charge is 2.35. The van der Waals surface area contributed by atoms with Gasteiger partial charge in [-0.25, -0.2) is 4.79 Å². The molecule has 1 atom stereocenters. The van der Waals surface area contributed by atoms with E-state index in [1.54, 1.807) is 24.3 Å². The van der Waals surface area contributed by atoms with Crippen LogP contribution in [0.25, 0.3) is 10.6 Å². The molecule has 5 rings (SSSR count). The number of rotatable bonds is 4. The van der Waals surface area contributed by atoms with E-state index in [-0.39, 0.29) is 17.7 Å². The third kappa shape index (κ3) is 4.41. The second-order valence-corrected chi connectivity index (χ2v) is 9.12. The molecule has 33 heavy (non-hydrogen) atoms. The van der Waals surface area contributed by atoms with Crippen LogP contribution < -0.4 is 20.1 Å². The van der Waals surface area contributed by atoms with E-state index < -0.39 is 12.1 Å². The van der Waals surface area contributed by atoms with Gasteiger partial charge in [-0.15, -0.1) is 10.2 Å². The first kappa shape index (κ1) is 21.7. The number of benzene rings is 2. The molecule has 2 aliphatic heterocycles. The molecule has 1 fully saturated rings. The van der Waals surface area contributed by atoms with Crippen molar-refractivity contribution in [2.75, 3.05) is 24.0 Å². The van der Waals surface area contributed by atoms with Gasteiger partial charge in [0.2, 0.25) is 17.8 Å². The minimum absolute atomic E-state index is 0.186. The van der Waals surface area contributed by atoms with Crippen molar-refractivity contribution in [2.45, 2.75) is 18.9 Å². The minimum Gasteiger partial charge on any atom is -0.454 e. The Bertz CT molecular complexity index is 1240. The molecule has 12 heteroatoms. The van der Waals surface area contributed by atoms with Gasteiger partial charge in [0.25, 0.3) is 0 Å². The van der Waals surface area contributed by atoms with Gasteiger partial charge in [-0.05, 0) is 43.2 Å². The zero-order valence-corrected chi connectivity index (χ0v) is 19.3. The van der Waals surface area contributed by atoms with Crippen LogP contribution in [-0.4, -0.2) is 46.4 Å². The van der Waals surface area contributed by atoms with Crippen LogP contribution >= 0.6 is 34.5 Å². The minimum atomic E-state index is -0.638. The van der Waals surface area contributed by atoms with Crippen LogP contribution in [0.15, 0.2) is 36.4 Å². The van der Waals surface area contributed by atoms with Crippen LogP contribution in [0, 0.1) is 0 Å². The van der Waals surface area contributed by atoms with E-state index in [1.807, 2.05) is 12.1 Å². The van der Waals surface area contributed by atoms with Crippen LogP contribution in [0.4, 0.5) is 15.6 Å². The second-order valence-electron chi connectivity index (χ2n) is 7.35. The number of carbonyl (C=O) groups is 2. The van der Waals surface area contributed by atoms with E-state index in [1.165, 1.54) is 16.2 Å². The van der Waals surface area contributed by atoms with Gasteiger partial charge in [-0.1, -0.05) is 40.6 Å². The van der Waals surface area contributed by atoms with Gasteiger partial charge >= 0.3 is 6.03 Å². The van der Waals surface area contributed by atoms with Crippen LogP contribution in [0.2, 0.25) is 10.0 Å². The van der Waals surface area contributed by atoms with Gasteiger partial charge < -0.3 is 19.7 Å². The summed E-state index contributed by atoms with van der Waals surface area (Å²) in [6.45, 7) is 0.631. The fraction of sp³-hybridized carbons (Fsp3) is 0.238. The zero-order valence-electron chi connectivity index (χ0n) is 17.0. The van der Waals surface area contributed by atoms with Gasteiger partial charge in [0.1, 0.15) is 11.0 Å². The first-order valence-electron chi connectivity index (χ1n) is 10.1. The molecule has 2 aliphatic rings. The van der Waals surface area contributed by atoms with Gasteiger partial charge in [0.05, 0.1) is 15.7 Å². The summed E-state index contributed by atoms with van der Waals surface area (Å²) in [5.74, 6) is 0.990. The first-order chi connectivity index (χ1) is 16.0. The molecule has 3 aromatic rings. The molecule has 3 amide bonds. The molecule has 0 saturated carbocycles. The highest BCUT2D eigenvalue weighted by atomic mass is 35.5. The lowest BCUT2D eigenvalue weighted by molar-refractivity contribution is -0.119. The molecule has 1 aromatic heterocycles. The number of amides is 3. The predicted molar refractivity (Wildman–Crippen MR) is 125 cm³/mol. The van der Waals surface area contributed by atoms with Gasteiger partial charge in [0.15, 0.2) is 11.5 Å². The fourth-order valence-corrected chi connectivity index (χ4v) is 4.77. The number of fused-ring (bicyclic) bond motifs is 1. The molecule has 1 unspecified atom stereocenters. The molecule has 0 spiro atoms. The summed E-state index contributed by atoms with van der Waals surface area (Å²) < 4.78 is 10.7. The third-order valence-electron chi connectivity index (χ3n) is 5.28. The summed E-state index contributed by atoms with van der Waals surface area (Å²) in [5.41, 5.74) is 1.19. The summed E-state index contributed by atoms with van der Waals surface area (Å²) in [4.78, 5) is 27.2. The zero-order chi connectivity index (χ0) is 22.9. The summed E-state index contributed by atoms with van der Waals surface area (Å²) in [5, 5.41) is 15.3. The Hall–Kier alpha value is -3.08. The summed E-state index contributed by atoms with van der Waals surface area (Å²) in [6.07, 6.45) is 1.24. The van der Waals surface area contributed by atoms with Gasteiger partial charge in [-0.3, -0.25) is 10.1 Å². The largest absolute Gasteiger partial charge is 0.454 e. The van der Waals surface area contributed by atoms with Crippen molar-refractivity contribution in [3.05, 3.63) is 46.4 Å². The normalized spacial score (nSPS) is 16.7. The summed E-state index contributed by atoms with van der Waals surface area (Å²) in [6, 6.07) is 9.38. The second kappa shape index (κ2) is 9.05. The number of hydrogen-bond acceptors (Lipinski definition) is 7. The number of ether oxygens (including phenoxy) is 2. The molecule has 1 saturated heterocycles. The van der Waals surface area contributed by atoms with Gasteiger partial charge in [-0.2, -0.15) is 0 Å². The number of urea groups is 1. The standard InChI is InChI=1S/C21H17Cl2N5O4S/c22-12-3-1-4-13(17(12)23)24-21(30)28-8-2-5-14(28)18(29)25-20-27-26-19(33-20)11-6-7-15-16(9-11)32-10-31-15/h1,3-4,6-7,9,14H,2,5,8,10H2,(H,24,30)(H,25,27,29). The number of hydrogen-bond donors (Lipinski definition) is 2. The van der Waals surface area contributed by atoms with E-state index in [0.717, 1.165) is 5.56 Å². The first-order valence-corrected chi connectivity index (χ1v) is 11.6. The molecular formula is C21H17Cl2N5O4S.